The van der Waals surface area contributed by atoms with Gasteiger partial charge in [-0.15, -0.1) is 0 Å². The summed E-state index contributed by atoms with van der Waals surface area (Å²) < 4.78 is 13.8. The lowest BCUT2D eigenvalue weighted by molar-refractivity contribution is 0.519. The van der Waals surface area contributed by atoms with Crippen molar-refractivity contribution >= 4 is 11.5 Å². The molecule has 0 atom stereocenters. The van der Waals surface area contributed by atoms with E-state index in [0.717, 1.165) is 43.0 Å². The van der Waals surface area contributed by atoms with E-state index in [1.165, 1.54) is 6.07 Å². The number of para-hydroxylation sites is 1. The number of anilines is 2. The first kappa shape index (κ1) is 17.4. The van der Waals surface area contributed by atoms with Crippen molar-refractivity contribution in [2.24, 2.45) is 0 Å². The lowest BCUT2D eigenvalue weighted by Crippen LogP contribution is -2.39. The van der Waals surface area contributed by atoms with Crippen LogP contribution in [0.4, 0.5) is 15.9 Å². The molecule has 6 heteroatoms. The Morgan fingerprint density at radius 2 is 1.89 bits per heavy atom. The second kappa shape index (κ2) is 7.70. The second-order valence-electron chi connectivity index (χ2n) is 6.82. The number of halogens is 1. The van der Waals surface area contributed by atoms with Crippen molar-refractivity contribution in [3.05, 3.63) is 66.4 Å². The molecule has 1 aliphatic rings. The average molecular weight is 363 g/mol. The summed E-state index contributed by atoms with van der Waals surface area (Å²) in [6, 6.07) is 13.0. The highest BCUT2D eigenvalue weighted by molar-refractivity contribution is 5.57. The minimum atomic E-state index is -0.201. The lowest BCUT2D eigenvalue weighted by Gasteiger charge is -2.34. The summed E-state index contributed by atoms with van der Waals surface area (Å²) in [5.41, 5.74) is 2.43. The highest BCUT2D eigenvalue weighted by Crippen LogP contribution is 2.24. The van der Waals surface area contributed by atoms with Crippen molar-refractivity contribution in [2.45, 2.75) is 25.8 Å². The van der Waals surface area contributed by atoms with Crippen molar-refractivity contribution in [1.29, 1.82) is 0 Å². The molecule has 3 heterocycles. The molecule has 1 saturated heterocycles. The van der Waals surface area contributed by atoms with Gasteiger partial charge in [0.2, 0.25) is 0 Å². The first-order valence-corrected chi connectivity index (χ1v) is 9.21. The molecule has 1 aliphatic heterocycles. The van der Waals surface area contributed by atoms with Gasteiger partial charge in [0.15, 0.2) is 5.82 Å². The lowest BCUT2D eigenvalue weighted by atomic mass is 10.0. The minimum Gasteiger partial charge on any atom is -0.380 e. The van der Waals surface area contributed by atoms with E-state index in [2.05, 4.69) is 20.2 Å². The molecule has 0 amide bonds. The number of benzene rings is 1. The zero-order chi connectivity index (χ0) is 18.6. The maximum absolute atomic E-state index is 13.8. The van der Waals surface area contributed by atoms with E-state index < -0.39 is 0 Å². The highest BCUT2D eigenvalue weighted by Gasteiger charge is 2.21. The summed E-state index contributed by atoms with van der Waals surface area (Å²) in [5.74, 6) is 1.43. The number of aromatic nitrogens is 3. The molecule has 0 radical (unpaired) electrons. The van der Waals surface area contributed by atoms with Gasteiger partial charge in [0, 0.05) is 48.8 Å². The average Bonchev–Trinajstić information content (AvgIpc) is 2.70. The molecule has 138 valence electrons. The standard InChI is InChI=1S/C21H22FN5/c1-15-13-20(26-21(24-15)16-5-4-10-23-14-16)27-11-8-17(9-12-27)25-19-7-3-2-6-18(19)22/h2-7,10,13-14,17,25H,8-9,11-12H2,1H3. The van der Waals surface area contributed by atoms with Crippen molar-refractivity contribution < 1.29 is 4.39 Å². The Kier molecular flexibility index (Phi) is 4.96. The number of nitrogens with zero attached hydrogens (tertiary/aromatic N) is 4. The molecule has 0 bridgehead atoms. The zero-order valence-electron chi connectivity index (χ0n) is 15.3. The topological polar surface area (TPSA) is 53.9 Å². The number of pyridine rings is 1. The molecule has 27 heavy (non-hydrogen) atoms. The first-order chi connectivity index (χ1) is 13.2. The molecule has 0 aliphatic carbocycles. The van der Waals surface area contributed by atoms with Crippen molar-refractivity contribution in [1.82, 2.24) is 15.0 Å². The monoisotopic (exact) mass is 363 g/mol. The van der Waals surface area contributed by atoms with Crippen LogP contribution in [-0.4, -0.2) is 34.1 Å². The van der Waals surface area contributed by atoms with Crippen LogP contribution in [0.1, 0.15) is 18.5 Å². The van der Waals surface area contributed by atoms with Crippen LogP contribution in [-0.2, 0) is 0 Å². The van der Waals surface area contributed by atoms with Crippen LogP contribution in [0, 0.1) is 12.7 Å². The first-order valence-electron chi connectivity index (χ1n) is 9.21. The smallest absolute Gasteiger partial charge is 0.163 e. The third-order valence-corrected chi connectivity index (χ3v) is 4.81. The molecule has 1 fully saturated rings. The van der Waals surface area contributed by atoms with Crippen molar-refractivity contribution in [2.75, 3.05) is 23.3 Å². The van der Waals surface area contributed by atoms with E-state index >= 15 is 0 Å². The van der Waals surface area contributed by atoms with E-state index in [1.54, 1.807) is 24.5 Å². The number of piperidine rings is 1. The number of aryl methyl sites for hydroxylation is 1. The Balaban J connectivity index is 1.45. The third kappa shape index (κ3) is 4.05. The van der Waals surface area contributed by atoms with Gasteiger partial charge in [0.25, 0.3) is 0 Å². The molecular weight excluding hydrogens is 341 g/mol. The second-order valence-corrected chi connectivity index (χ2v) is 6.82. The van der Waals surface area contributed by atoms with E-state index in [9.17, 15) is 4.39 Å². The summed E-state index contributed by atoms with van der Waals surface area (Å²) in [5, 5.41) is 3.33. The summed E-state index contributed by atoms with van der Waals surface area (Å²) >= 11 is 0. The minimum absolute atomic E-state index is 0.201. The van der Waals surface area contributed by atoms with Crippen LogP contribution in [0.5, 0.6) is 0 Å². The summed E-state index contributed by atoms with van der Waals surface area (Å²) in [4.78, 5) is 15.7. The molecule has 0 saturated carbocycles. The Labute approximate surface area is 158 Å². The number of rotatable bonds is 4. The van der Waals surface area contributed by atoms with Gasteiger partial charge in [0.1, 0.15) is 11.6 Å². The molecule has 4 rings (SSSR count). The summed E-state index contributed by atoms with van der Waals surface area (Å²) in [6.07, 6.45) is 5.38. The number of hydrogen-bond acceptors (Lipinski definition) is 5. The molecular formula is C21H22FN5. The predicted molar refractivity (Wildman–Crippen MR) is 105 cm³/mol. The van der Waals surface area contributed by atoms with E-state index in [-0.39, 0.29) is 11.9 Å². The molecule has 0 unspecified atom stereocenters. The Morgan fingerprint density at radius 1 is 1.07 bits per heavy atom. The van der Waals surface area contributed by atoms with Gasteiger partial charge in [0.05, 0.1) is 5.69 Å². The Bertz CT molecular complexity index is 907. The zero-order valence-corrected chi connectivity index (χ0v) is 15.3. The molecule has 5 nitrogen and oxygen atoms in total. The van der Waals surface area contributed by atoms with Crippen LogP contribution in [0.15, 0.2) is 54.9 Å². The molecule has 3 aromatic rings. The van der Waals surface area contributed by atoms with Gasteiger partial charge in [-0.05, 0) is 44.0 Å². The van der Waals surface area contributed by atoms with Crippen molar-refractivity contribution in [3.63, 3.8) is 0 Å². The van der Waals surface area contributed by atoms with Crippen LogP contribution in [0.2, 0.25) is 0 Å². The van der Waals surface area contributed by atoms with Crippen LogP contribution in [0.3, 0.4) is 0 Å². The van der Waals surface area contributed by atoms with Crippen LogP contribution >= 0.6 is 0 Å². The maximum atomic E-state index is 13.8. The van der Waals surface area contributed by atoms with Gasteiger partial charge in [-0.3, -0.25) is 4.98 Å². The predicted octanol–water partition coefficient (Wildman–Crippen LogP) is 4.07. The van der Waals surface area contributed by atoms with E-state index in [0.29, 0.717) is 11.5 Å². The summed E-state index contributed by atoms with van der Waals surface area (Å²) in [7, 11) is 0. The fraction of sp³-hybridized carbons (Fsp3) is 0.286. The summed E-state index contributed by atoms with van der Waals surface area (Å²) in [6.45, 7) is 3.72. The fourth-order valence-corrected chi connectivity index (χ4v) is 3.39. The van der Waals surface area contributed by atoms with Gasteiger partial charge in [-0.25, -0.2) is 14.4 Å². The molecule has 2 aromatic heterocycles. The van der Waals surface area contributed by atoms with E-state index in [1.807, 2.05) is 31.2 Å². The van der Waals surface area contributed by atoms with Gasteiger partial charge in [-0.1, -0.05) is 12.1 Å². The van der Waals surface area contributed by atoms with Crippen molar-refractivity contribution in [3.8, 4) is 11.4 Å². The number of nitrogens with one attached hydrogen (secondary N) is 1. The number of hydrogen-bond donors (Lipinski definition) is 1. The fourth-order valence-electron chi connectivity index (χ4n) is 3.39. The van der Waals surface area contributed by atoms with Gasteiger partial charge < -0.3 is 10.2 Å². The van der Waals surface area contributed by atoms with E-state index in [4.69, 9.17) is 4.98 Å². The molecule has 0 spiro atoms. The Morgan fingerprint density at radius 3 is 2.63 bits per heavy atom. The SMILES string of the molecule is Cc1cc(N2CCC(Nc3ccccc3F)CC2)nc(-c2cccnc2)n1. The van der Waals surface area contributed by atoms with Gasteiger partial charge in [-0.2, -0.15) is 0 Å². The van der Waals surface area contributed by atoms with Gasteiger partial charge >= 0.3 is 0 Å². The largest absolute Gasteiger partial charge is 0.380 e. The highest BCUT2D eigenvalue weighted by atomic mass is 19.1. The third-order valence-electron chi connectivity index (χ3n) is 4.81. The Hall–Kier alpha value is -3.02. The maximum Gasteiger partial charge on any atom is 0.163 e. The van der Waals surface area contributed by atoms with Crippen LogP contribution < -0.4 is 10.2 Å². The quantitative estimate of drug-likeness (QED) is 0.757. The molecule has 1 aromatic carbocycles. The normalized spacial score (nSPS) is 15.0. The molecule has 1 N–H and O–H groups in total. The van der Waals surface area contributed by atoms with Crippen LogP contribution in [0.25, 0.3) is 11.4 Å².